The minimum Gasteiger partial charge on any atom is -0.444 e. The highest BCUT2D eigenvalue weighted by molar-refractivity contribution is 5.92. The molecule has 8 heteroatoms. The fourth-order valence-corrected chi connectivity index (χ4v) is 2.93. The van der Waals surface area contributed by atoms with Crippen molar-refractivity contribution in [2.24, 2.45) is 0 Å². The number of nitrogens with zero attached hydrogens (tertiary/aromatic N) is 3. The van der Waals surface area contributed by atoms with E-state index in [0.717, 1.165) is 0 Å². The van der Waals surface area contributed by atoms with Gasteiger partial charge in [0.25, 0.3) is 5.91 Å². The molecule has 0 aliphatic carbocycles. The third kappa shape index (κ3) is 4.42. The molecule has 1 saturated heterocycles. The van der Waals surface area contributed by atoms with Crippen LogP contribution in [-0.2, 0) is 4.74 Å². The second-order valence-corrected chi connectivity index (χ2v) is 7.57. The van der Waals surface area contributed by atoms with E-state index in [9.17, 15) is 14.0 Å². The van der Waals surface area contributed by atoms with Crippen LogP contribution in [0.1, 0.15) is 45.1 Å². The van der Waals surface area contributed by atoms with E-state index in [0.29, 0.717) is 18.8 Å². The summed E-state index contributed by atoms with van der Waals surface area (Å²) in [7, 11) is 1.47. The van der Waals surface area contributed by atoms with Gasteiger partial charge in [-0.05, 0) is 46.8 Å². The molecule has 1 aromatic heterocycles. The summed E-state index contributed by atoms with van der Waals surface area (Å²) in [5.74, 6) is -1.14. The summed E-state index contributed by atoms with van der Waals surface area (Å²) in [6.07, 6.45) is -0.370. The van der Waals surface area contributed by atoms with Crippen LogP contribution >= 0.6 is 0 Å². The van der Waals surface area contributed by atoms with E-state index >= 15 is 0 Å². The number of pyridine rings is 1. The van der Waals surface area contributed by atoms with E-state index < -0.39 is 17.5 Å². The van der Waals surface area contributed by atoms with E-state index in [1.54, 1.807) is 11.0 Å². The Labute approximate surface area is 153 Å². The quantitative estimate of drug-likeness (QED) is 0.814. The zero-order valence-corrected chi connectivity index (χ0v) is 16.2. The lowest BCUT2D eigenvalue weighted by Crippen LogP contribution is -2.59. The van der Waals surface area contributed by atoms with E-state index in [1.807, 2.05) is 39.5 Å². The van der Waals surface area contributed by atoms with Gasteiger partial charge in [-0.15, -0.1) is 0 Å². The third-order valence-electron chi connectivity index (χ3n) is 4.21. The van der Waals surface area contributed by atoms with Gasteiger partial charge in [-0.3, -0.25) is 4.79 Å². The number of halogens is 1. The van der Waals surface area contributed by atoms with Crippen molar-refractivity contribution >= 4 is 17.7 Å². The summed E-state index contributed by atoms with van der Waals surface area (Å²) in [4.78, 5) is 31.3. The predicted molar refractivity (Wildman–Crippen MR) is 96.8 cm³/mol. The number of anilines is 1. The number of amides is 2. The van der Waals surface area contributed by atoms with Gasteiger partial charge in [-0.1, -0.05) is 0 Å². The Morgan fingerprint density at radius 3 is 2.42 bits per heavy atom. The summed E-state index contributed by atoms with van der Waals surface area (Å²) in [6, 6.07) is 2.77. The molecule has 144 valence electrons. The topological polar surface area (TPSA) is 74.8 Å². The van der Waals surface area contributed by atoms with Crippen molar-refractivity contribution in [3.05, 3.63) is 23.8 Å². The van der Waals surface area contributed by atoms with Gasteiger partial charge in [0.2, 0.25) is 5.95 Å². The zero-order chi connectivity index (χ0) is 19.6. The standard InChI is InChI=1S/C18H27FN4O3/c1-11-10-23(17(25)26-18(3,4)5)12(2)9-22(11)14-8-7-13(16(24)20-6)21-15(14)19/h7-8,11-12H,9-10H2,1-6H3,(H,20,24)/t11-,12+/m1/s1. The van der Waals surface area contributed by atoms with E-state index in [2.05, 4.69) is 10.3 Å². The number of piperazine rings is 1. The number of hydrogen-bond donors (Lipinski definition) is 1. The fourth-order valence-electron chi connectivity index (χ4n) is 2.93. The van der Waals surface area contributed by atoms with Crippen LogP contribution < -0.4 is 10.2 Å². The van der Waals surface area contributed by atoms with Crippen LogP contribution in [-0.4, -0.2) is 59.7 Å². The molecule has 0 saturated carbocycles. The Kier molecular flexibility index (Phi) is 5.73. The molecule has 2 heterocycles. The number of aromatic nitrogens is 1. The molecule has 1 aromatic rings. The van der Waals surface area contributed by atoms with E-state index in [-0.39, 0.29) is 23.9 Å². The van der Waals surface area contributed by atoms with Crippen LogP contribution in [0.25, 0.3) is 0 Å². The second kappa shape index (κ2) is 7.47. The lowest BCUT2D eigenvalue weighted by atomic mass is 10.1. The van der Waals surface area contributed by atoms with Gasteiger partial charge >= 0.3 is 6.09 Å². The summed E-state index contributed by atoms with van der Waals surface area (Å²) in [5.41, 5.74) is -0.217. The summed E-state index contributed by atoms with van der Waals surface area (Å²) in [5, 5.41) is 2.42. The molecule has 2 amide bonds. The summed E-state index contributed by atoms with van der Waals surface area (Å²) < 4.78 is 19.9. The Bertz CT molecular complexity index is 690. The molecule has 0 spiro atoms. The number of ether oxygens (including phenoxy) is 1. The van der Waals surface area contributed by atoms with Crippen molar-refractivity contribution in [3.8, 4) is 0 Å². The molecule has 0 bridgehead atoms. The number of hydrogen-bond acceptors (Lipinski definition) is 5. The molecule has 7 nitrogen and oxygen atoms in total. The van der Waals surface area contributed by atoms with Crippen molar-refractivity contribution in [3.63, 3.8) is 0 Å². The Balaban J connectivity index is 2.17. The lowest BCUT2D eigenvalue weighted by Gasteiger charge is -2.45. The van der Waals surface area contributed by atoms with E-state index in [4.69, 9.17) is 4.74 Å². The van der Waals surface area contributed by atoms with Gasteiger partial charge in [0.1, 0.15) is 11.3 Å². The first-order valence-corrected chi connectivity index (χ1v) is 8.68. The molecule has 1 aliphatic heterocycles. The monoisotopic (exact) mass is 366 g/mol. The molecule has 2 rings (SSSR count). The number of carbonyl (C=O) groups is 2. The van der Waals surface area contributed by atoms with Crippen LogP contribution in [0.15, 0.2) is 12.1 Å². The molecular weight excluding hydrogens is 339 g/mol. The van der Waals surface area contributed by atoms with Crippen LogP contribution in [0, 0.1) is 5.95 Å². The maximum atomic E-state index is 14.5. The fraction of sp³-hybridized carbons (Fsp3) is 0.611. The predicted octanol–water partition coefficient (Wildman–Crippen LogP) is 2.41. The van der Waals surface area contributed by atoms with Crippen molar-refractivity contribution in [1.82, 2.24) is 15.2 Å². The highest BCUT2D eigenvalue weighted by atomic mass is 19.1. The largest absolute Gasteiger partial charge is 0.444 e. The van der Waals surface area contributed by atoms with Crippen molar-refractivity contribution in [2.45, 2.75) is 52.3 Å². The van der Waals surface area contributed by atoms with E-state index in [1.165, 1.54) is 13.1 Å². The van der Waals surface area contributed by atoms with Crippen LogP contribution in [0.3, 0.4) is 0 Å². The SMILES string of the molecule is CNC(=O)c1ccc(N2C[C@H](C)N(C(=O)OC(C)(C)C)C[C@H]2C)c(F)n1. The van der Waals surface area contributed by atoms with Gasteiger partial charge in [0.15, 0.2) is 0 Å². The zero-order valence-electron chi connectivity index (χ0n) is 16.2. The van der Waals surface area contributed by atoms with Gasteiger partial charge in [0.05, 0.1) is 5.69 Å². The maximum absolute atomic E-state index is 14.5. The Hall–Kier alpha value is -2.38. The smallest absolute Gasteiger partial charge is 0.410 e. The van der Waals surface area contributed by atoms with Gasteiger partial charge < -0.3 is 19.9 Å². The summed E-state index contributed by atoms with van der Waals surface area (Å²) in [6.45, 7) is 10.1. The molecule has 0 radical (unpaired) electrons. The second-order valence-electron chi connectivity index (χ2n) is 7.57. The first-order chi connectivity index (χ1) is 12.0. The number of nitrogens with one attached hydrogen (secondary N) is 1. The normalized spacial score (nSPS) is 20.7. The number of carbonyl (C=O) groups excluding carboxylic acids is 2. The van der Waals surface area contributed by atoms with Crippen molar-refractivity contribution < 1.29 is 18.7 Å². The molecular formula is C18H27FN4O3. The molecule has 1 aliphatic rings. The highest BCUT2D eigenvalue weighted by Crippen LogP contribution is 2.26. The van der Waals surface area contributed by atoms with Crippen LogP contribution in [0.5, 0.6) is 0 Å². The van der Waals surface area contributed by atoms with Gasteiger partial charge in [-0.25, -0.2) is 9.78 Å². The lowest BCUT2D eigenvalue weighted by molar-refractivity contribution is 0.0130. The highest BCUT2D eigenvalue weighted by Gasteiger charge is 2.35. The first-order valence-electron chi connectivity index (χ1n) is 8.68. The molecule has 1 N–H and O–H groups in total. The third-order valence-corrected chi connectivity index (χ3v) is 4.21. The molecule has 1 fully saturated rings. The average Bonchev–Trinajstić information content (AvgIpc) is 2.54. The molecule has 0 unspecified atom stereocenters. The Morgan fingerprint density at radius 1 is 1.23 bits per heavy atom. The van der Waals surface area contributed by atoms with Crippen molar-refractivity contribution in [2.75, 3.05) is 25.0 Å². The summed E-state index contributed by atoms with van der Waals surface area (Å²) >= 11 is 0. The molecule has 2 atom stereocenters. The van der Waals surface area contributed by atoms with Gasteiger partial charge in [0, 0.05) is 32.2 Å². The molecule has 26 heavy (non-hydrogen) atoms. The van der Waals surface area contributed by atoms with Crippen LogP contribution in [0.4, 0.5) is 14.9 Å². The average molecular weight is 366 g/mol. The number of rotatable bonds is 2. The first kappa shape index (κ1) is 19.9. The van der Waals surface area contributed by atoms with Crippen molar-refractivity contribution in [1.29, 1.82) is 0 Å². The van der Waals surface area contributed by atoms with Gasteiger partial charge in [-0.2, -0.15) is 4.39 Å². The Morgan fingerprint density at radius 2 is 1.88 bits per heavy atom. The molecule has 0 aromatic carbocycles. The maximum Gasteiger partial charge on any atom is 0.410 e. The minimum atomic E-state index is -0.698. The van der Waals surface area contributed by atoms with Crippen LogP contribution in [0.2, 0.25) is 0 Å². The minimum absolute atomic E-state index is 0.0295.